The SMILES string of the molecule is CCCCC[C@H]1CC[C@H](CCc2ccc(C(=O)Oc3ccc(F)c(F)c3)c(F)c2)CC1. The molecule has 0 aromatic heterocycles. The van der Waals surface area contributed by atoms with Gasteiger partial charge in [0.05, 0.1) is 5.56 Å². The van der Waals surface area contributed by atoms with Crippen LogP contribution in [0.25, 0.3) is 0 Å². The first-order valence-corrected chi connectivity index (χ1v) is 11.4. The zero-order valence-electron chi connectivity index (χ0n) is 18.1. The van der Waals surface area contributed by atoms with Crippen LogP contribution in [0.4, 0.5) is 13.2 Å². The fraction of sp³-hybridized carbons (Fsp3) is 0.500. The minimum Gasteiger partial charge on any atom is -0.423 e. The van der Waals surface area contributed by atoms with Gasteiger partial charge in [0.15, 0.2) is 11.6 Å². The third kappa shape index (κ3) is 6.84. The number of hydrogen-bond donors (Lipinski definition) is 0. The molecule has 5 heteroatoms. The van der Waals surface area contributed by atoms with Crippen LogP contribution < -0.4 is 4.74 Å². The summed E-state index contributed by atoms with van der Waals surface area (Å²) in [6.07, 6.45) is 12.2. The minimum atomic E-state index is -1.13. The van der Waals surface area contributed by atoms with E-state index in [4.69, 9.17) is 4.74 Å². The van der Waals surface area contributed by atoms with Crippen molar-refractivity contribution in [1.29, 1.82) is 0 Å². The Morgan fingerprint density at radius 2 is 1.58 bits per heavy atom. The third-order valence-corrected chi connectivity index (χ3v) is 6.38. The standard InChI is InChI=1S/C26H31F3O2/c1-2-3-4-5-18-6-8-19(9-7-18)10-11-20-12-14-22(24(28)16-20)26(30)31-21-13-15-23(27)25(29)17-21/h12-19H,2-11H2,1H3/t18-,19-. The summed E-state index contributed by atoms with van der Waals surface area (Å²) in [6, 6.07) is 7.26. The van der Waals surface area contributed by atoms with Gasteiger partial charge in [-0.3, -0.25) is 0 Å². The number of rotatable bonds is 9. The Bertz CT molecular complexity index is 873. The molecule has 1 aliphatic carbocycles. The lowest BCUT2D eigenvalue weighted by Gasteiger charge is -2.28. The molecule has 0 unspecified atom stereocenters. The van der Waals surface area contributed by atoms with Gasteiger partial charge in [0, 0.05) is 6.07 Å². The monoisotopic (exact) mass is 432 g/mol. The predicted octanol–water partition coefficient (Wildman–Crippen LogP) is 7.64. The Balaban J connectivity index is 1.48. The van der Waals surface area contributed by atoms with Crippen LogP contribution >= 0.6 is 0 Å². The van der Waals surface area contributed by atoms with Gasteiger partial charge in [0.2, 0.25) is 0 Å². The molecule has 0 amide bonds. The molecule has 1 aliphatic rings. The number of unbranched alkanes of at least 4 members (excludes halogenated alkanes) is 2. The second kappa shape index (κ2) is 11.4. The van der Waals surface area contributed by atoms with Gasteiger partial charge in [-0.25, -0.2) is 18.0 Å². The molecule has 31 heavy (non-hydrogen) atoms. The van der Waals surface area contributed by atoms with Gasteiger partial charge in [-0.05, 0) is 54.5 Å². The van der Waals surface area contributed by atoms with Crippen molar-refractivity contribution in [2.45, 2.75) is 71.1 Å². The molecule has 2 nitrogen and oxygen atoms in total. The number of carbonyl (C=O) groups excluding carboxylic acids is 1. The molecule has 3 rings (SSSR count). The molecule has 168 valence electrons. The van der Waals surface area contributed by atoms with E-state index in [-0.39, 0.29) is 11.3 Å². The summed E-state index contributed by atoms with van der Waals surface area (Å²) in [5.74, 6) is -2.38. The topological polar surface area (TPSA) is 26.3 Å². The maximum atomic E-state index is 14.5. The van der Waals surface area contributed by atoms with Crippen molar-refractivity contribution < 1.29 is 22.7 Å². The highest BCUT2D eigenvalue weighted by atomic mass is 19.2. The van der Waals surface area contributed by atoms with Gasteiger partial charge < -0.3 is 4.74 Å². The van der Waals surface area contributed by atoms with Crippen molar-refractivity contribution in [1.82, 2.24) is 0 Å². The number of esters is 1. The average molecular weight is 433 g/mol. The highest BCUT2D eigenvalue weighted by Gasteiger charge is 2.21. The van der Waals surface area contributed by atoms with E-state index < -0.39 is 23.4 Å². The summed E-state index contributed by atoms with van der Waals surface area (Å²) in [5.41, 5.74) is 0.632. The molecule has 2 aromatic carbocycles. The van der Waals surface area contributed by atoms with Gasteiger partial charge in [-0.15, -0.1) is 0 Å². The summed E-state index contributed by atoms with van der Waals surface area (Å²) >= 11 is 0. The number of halogens is 3. The fourth-order valence-corrected chi connectivity index (χ4v) is 4.44. The van der Waals surface area contributed by atoms with Crippen LogP contribution in [-0.2, 0) is 6.42 Å². The lowest BCUT2D eigenvalue weighted by molar-refractivity contribution is 0.0729. The summed E-state index contributed by atoms with van der Waals surface area (Å²) in [4.78, 5) is 12.2. The highest BCUT2D eigenvalue weighted by molar-refractivity contribution is 5.91. The van der Waals surface area contributed by atoms with Crippen LogP contribution in [0.3, 0.4) is 0 Å². The van der Waals surface area contributed by atoms with Crippen LogP contribution in [0.2, 0.25) is 0 Å². The van der Waals surface area contributed by atoms with E-state index in [2.05, 4.69) is 6.92 Å². The maximum absolute atomic E-state index is 14.5. The van der Waals surface area contributed by atoms with Gasteiger partial charge in [0.25, 0.3) is 0 Å². The molecule has 1 fully saturated rings. The molecule has 0 bridgehead atoms. The molecule has 0 atom stereocenters. The zero-order valence-corrected chi connectivity index (χ0v) is 18.1. The molecule has 0 aliphatic heterocycles. The molecule has 0 saturated heterocycles. The number of benzene rings is 2. The van der Waals surface area contributed by atoms with E-state index >= 15 is 0 Å². The van der Waals surface area contributed by atoms with Crippen LogP contribution in [0.15, 0.2) is 36.4 Å². The fourth-order valence-electron chi connectivity index (χ4n) is 4.44. The molecular formula is C26H31F3O2. The average Bonchev–Trinajstić information content (AvgIpc) is 2.76. The number of hydrogen-bond acceptors (Lipinski definition) is 2. The summed E-state index contributed by atoms with van der Waals surface area (Å²) in [6.45, 7) is 2.24. The van der Waals surface area contributed by atoms with Crippen molar-refractivity contribution >= 4 is 5.97 Å². The Morgan fingerprint density at radius 1 is 0.871 bits per heavy atom. The molecule has 0 spiro atoms. The Morgan fingerprint density at radius 3 is 2.23 bits per heavy atom. The molecule has 0 N–H and O–H groups in total. The molecular weight excluding hydrogens is 401 g/mol. The van der Waals surface area contributed by atoms with E-state index in [1.54, 1.807) is 6.07 Å². The van der Waals surface area contributed by atoms with Gasteiger partial charge >= 0.3 is 5.97 Å². The quantitative estimate of drug-likeness (QED) is 0.231. The first-order chi connectivity index (χ1) is 15.0. The minimum absolute atomic E-state index is 0.169. The van der Waals surface area contributed by atoms with E-state index in [0.717, 1.165) is 42.5 Å². The van der Waals surface area contributed by atoms with E-state index in [1.165, 1.54) is 63.5 Å². The lowest BCUT2D eigenvalue weighted by Crippen LogP contribution is -2.15. The van der Waals surface area contributed by atoms with Gasteiger partial charge in [-0.1, -0.05) is 64.4 Å². The Hall–Kier alpha value is -2.30. The maximum Gasteiger partial charge on any atom is 0.346 e. The van der Waals surface area contributed by atoms with Crippen molar-refractivity contribution in [3.63, 3.8) is 0 Å². The number of aryl methyl sites for hydroxylation is 1. The molecule has 0 heterocycles. The van der Waals surface area contributed by atoms with E-state index in [0.29, 0.717) is 5.92 Å². The third-order valence-electron chi connectivity index (χ3n) is 6.38. The summed E-state index contributed by atoms with van der Waals surface area (Å²) in [5, 5.41) is 0. The van der Waals surface area contributed by atoms with Crippen LogP contribution in [-0.4, -0.2) is 5.97 Å². The van der Waals surface area contributed by atoms with Crippen LogP contribution in [0, 0.1) is 29.3 Å². The number of carbonyl (C=O) groups is 1. The normalized spacial score (nSPS) is 18.7. The van der Waals surface area contributed by atoms with Gasteiger partial charge in [0.1, 0.15) is 11.6 Å². The Kier molecular flexibility index (Phi) is 8.56. The first kappa shape index (κ1) is 23.4. The summed E-state index contributed by atoms with van der Waals surface area (Å²) < 4.78 is 45.7. The number of ether oxygens (including phenoxy) is 1. The van der Waals surface area contributed by atoms with E-state index in [9.17, 15) is 18.0 Å². The van der Waals surface area contributed by atoms with Crippen LogP contribution in [0.1, 0.15) is 80.6 Å². The lowest BCUT2D eigenvalue weighted by atomic mass is 9.78. The first-order valence-electron chi connectivity index (χ1n) is 11.4. The predicted molar refractivity (Wildman–Crippen MR) is 116 cm³/mol. The van der Waals surface area contributed by atoms with E-state index in [1.807, 2.05) is 0 Å². The molecule has 1 saturated carbocycles. The van der Waals surface area contributed by atoms with Crippen molar-refractivity contribution in [3.8, 4) is 5.75 Å². The smallest absolute Gasteiger partial charge is 0.346 e. The second-order valence-corrected chi connectivity index (χ2v) is 8.70. The zero-order chi connectivity index (χ0) is 22.2. The van der Waals surface area contributed by atoms with Crippen LogP contribution in [0.5, 0.6) is 5.75 Å². The summed E-state index contributed by atoms with van der Waals surface area (Å²) in [7, 11) is 0. The molecule has 2 aromatic rings. The van der Waals surface area contributed by atoms with Crippen molar-refractivity contribution in [2.75, 3.05) is 0 Å². The van der Waals surface area contributed by atoms with Gasteiger partial charge in [-0.2, -0.15) is 0 Å². The second-order valence-electron chi connectivity index (χ2n) is 8.70. The Labute approximate surface area is 182 Å². The largest absolute Gasteiger partial charge is 0.423 e. The van der Waals surface area contributed by atoms with Crippen molar-refractivity contribution in [2.24, 2.45) is 11.8 Å². The highest BCUT2D eigenvalue weighted by Crippen LogP contribution is 2.34. The molecule has 0 radical (unpaired) electrons. The van der Waals surface area contributed by atoms with Crippen molar-refractivity contribution in [3.05, 3.63) is 65.0 Å².